The summed E-state index contributed by atoms with van der Waals surface area (Å²) < 4.78 is 13.1. The van der Waals surface area contributed by atoms with Crippen molar-refractivity contribution in [2.24, 2.45) is 0 Å². The molecule has 0 amide bonds. The summed E-state index contributed by atoms with van der Waals surface area (Å²) in [7, 11) is 0. The average molecular weight is 244 g/mol. The SMILES string of the molecule is Cc1cc(Cc2cc(C(C)C)ccn2)cnc1F. The molecule has 0 unspecified atom stereocenters. The second kappa shape index (κ2) is 5.25. The van der Waals surface area contributed by atoms with E-state index < -0.39 is 5.95 Å². The Kier molecular flexibility index (Phi) is 3.70. The maximum Gasteiger partial charge on any atom is 0.215 e. The molecule has 2 aromatic rings. The minimum absolute atomic E-state index is 0.400. The van der Waals surface area contributed by atoms with Gasteiger partial charge < -0.3 is 0 Å². The Morgan fingerprint density at radius 1 is 1.22 bits per heavy atom. The van der Waals surface area contributed by atoms with E-state index in [2.05, 4.69) is 29.9 Å². The molecule has 0 radical (unpaired) electrons. The molecule has 0 aliphatic carbocycles. The van der Waals surface area contributed by atoms with Crippen molar-refractivity contribution in [1.82, 2.24) is 9.97 Å². The van der Waals surface area contributed by atoms with Crippen LogP contribution in [0.15, 0.2) is 30.6 Å². The van der Waals surface area contributed by atoms with Gasteiger partial charge in [0, 0.05) is 30.1 Å². The first kappa shape index (κ1) is 12.7. The zero-order valence-electron chi connectivity index (χ0n) is 10.9. The van der Waals surface area contributed by atoms with Crippen molar-refractivity contribution in [1.29, 1.82) is 0 Å². The average Bonchev–Trinajstić information content (AvgIpc) is 2.34. The summed E-state index contributed by atoms with van der Waals surface area (Å²) in [5, 5.41) is 0. The normalized spacial score (nSPS) is 10.9. The molecule has 3 heteroatoms. The highest BCUT2D eigenvalue weighted by Gasteiger charge is 2.05. The lowest BCUT2D eigenvalue weighted by molar-refractivity contribution is 0.573. The van der Waals surface area contributed by atoms with E-state index >= 15 is 0 Å². The Labute approximate surface area is 107 Å². The molecule has 0 aliphatic heterocycles. The van der Waals surface area contributed by atoms with Crippen LogP contribution in [0.2, 0.25) is 0 Å². The van der Waals surface area contributed by atoms with Crippen LogP contribution < -0.4 is 0 Å². The second-order valence-corrected chi connectivity index (χ2v) is 4.86. The van der Waals surface area contributed by atoms with E-state index in [1.807, 2.05) is 18.3 Å². The predicted octanol–water partition coefficient (Wildman–Crippen LogP) is 3.64. The highest BCUT2D eigenvalue weighted by Crippen LogP contribution is 2.16. The van der Waals surface area contributed by atoms with Gasteiger partial charge >= 0.3 is 0 Å². The largest absolute Gasteiger partial charge is 0.261 e. The fourth-order valence-electron chi connectivity index (χ4n) is 1.87. The van der Waals surface area contributed by atoms with Crippen LogP contribution in [-0.4, -0.2) is 9.97 Å². The molecule has 2 heterocycles. The lowest BCUT2D eigenvalue weighted by Gasteiger charge is -2.07. The summed E-state index contributed by atoms with van der Waals surface area (Å²) in [6, 6.07) is 5.96. The van der Waals surface area contributed by atoms with Crippen LogP contribution in [0.4, 0.5) is 4.39 Å². The minimum atomic E-state index is -0.400. The summed E-state index contributed by atoms with van der Waals surface area (Å²) in [6.45, 7) is 6.04. The fraction of sp³-hybridized carbons (Fsp3) is 0.333. The topological polar surface area (TPSA) is 25.8 Å². The summed E-state index contributed by atoms with van der Waals surface area (Å²) in [5.74, 6) is 0.0856. The zero-order valence-corrected chi connectivity index (χ0v) is 10.9. The van der Waals surface area contributed by atoms with Crippen molar-refractivity contribution in [3.8, 4) is 0 Å². The molecular weight excluding hydrogens is 227 g/mol. The fourth-order valence-corrected chi connectivity index (χ4v) is 1.87. The molecule has 94 valence electrons. The van der Waals surface area contributed by atoms with Gasteiger partial charge in [0.05, 0.1) is 0 Å². The van der Waals surface area contributed by atoms with Crippen LogP contribution in [0.3, 0.4) is 0 Å². The van der Waals surface area contributed by atoms with Crippen molar-refractivity contribution in [3.05, 3.63) is 58.9 Å². The van der Waals surface area contributed by atoms with Crippen LogP contribution in [0.1, 0.15) is 42.1 Å². The molecule has 18 heavy (non-hydrogen) atoms. The highest BCUT2D eigenvalue weighted by molar-refractivity contribution is 5.26. The first-order valence-electron chi connectivity index (χ1n) is 6.12. The smallest absolute Gasteiger partial charge is 0.215 e. The third-order valence-electron chi connectivity index (χ3n) is 2.96. The van der Waals surface area contributed by atoms with E-state index in [0.29, 0.717) is 17.9 Å². The van der Waals surface area contributed by atoms with Crippen LogP contribution in [0, 0.1) is 12.9 Å². The van der Waals surface area contributed by atoms with Gasteiger partial charge in [-0.2, -0.15) is 4.39 Å². The number of halogens is 1. The van der Waals surface area contributed by atoms with Crippen molar-refractivity contribution in [3.63, 3.8) is 0 Å². The van der Waals surface area contributed by atoms with Gasteiger partial charge in [-0.25, -0.2) is 4.98 Å². The van der Waals surface area contributed by atoms with Gasteiger partial charge in [0.15, 0.2) is 0 Å². The van der Waals surface area contributed by atoms with Gasteiger partial charge in [-0.1, -0.05) is 13.8 Å². The molecule has 2 nitrogen and oxygen atoms in total. The standard InChI is InChI=1S/C15H17FN2/c1-10(2)13-4-5-17-14(8-13)7-12-6-11(3)15(16)18-9-12/h4-6,8-10H,7H2,1-3H3. The van der Waals surface area contributed by atoms with Crippen molar-refractivity contribution < 1.29 is 4.39 Å². The number of nitrogens with zero attached hydrogens (tertiary/aromatic N) is 2. The van der Waals surface area contributed by atoms with E-state index in [1.165, 1.54) is 5.56 Å². The number of hydrogen-bond donors (Lipinski definition) is 0. The molecule has 0 N–H and O–H groups in total. The highest BCUT2D eigenvalue weighted by atomic mass is 19.1. The Balaban J connectivity index is 2.23. The number of rotatable bonds is 3. The number of pyridine rings is 2. The van der Waals surface area contributed by atoms with E-state index in [4.69, 9.17) is 0 Å². The Morgan fingerprint density at radius 2 is 2.00 bits per heavy atom. The van der Waals surface area contributed by atoms with Crippen LogP contribution >= 0.6 is 0 Å². The molecule has 0 saturated heterocycles. The molecule has 2 aromatic heterocycles. The van der Waals surface area contributed by atoms with Gasteiger partial charge in [0.25, 0.3) is 0 Å². The first-order valence-corrected chi connectivity index (χ1v) is 6.12. The molecular formula is C15H17FN2. The molecule has 0 spiro atoms. The molecule has 0 atom stereocenters. The Bertz CT molecular complexity index is 550. The van der Waals surface area contributed by atoms with Crippen LogP contribution in [-0.2, 0) is 6.42 Å². The van der Waals surface area contributed by atoms with Gasteiger partial charge in [-0.15, -0.1) is 0 Å². The number of aryl methyl sites for hydroxylation is 1. The van der Waals surface area contributed by atoms with Crippen molar-refractivity contribution in [2.75, 3.05) is 0 Å². The lowest BCUT2D eigenvalue weighted by atomic mass is 10.0. The zero-order chi connectivity index (χ0) is 13.1. The van der Waals surface area contributed by atoms with Crippen LogP contribution in [0.5, 0.6) is 0 Å². The summed E-state index contributed by atoms with van der Waals surface area (Å²) in [6.07, 6.45) is 4.09. The van der Waals surface area contributed by atoms with E-state index in [9.17, 15) is 4.39 Å². The van der Waals surface area contributed by atoms with Crippen molar-refractivity contribution >= 4 is 0 Å². The number of hydrogen-bond acceptors (Lipinski definition) is 2. The Hall–Kier alpha value is -1.77. The second-order valence-electron chi connectivity index (χ2n) is 4.86. The summed E-state index contributed by atoms with van der Waals surface area (Å²) in [4.78, 5) is 8.09. The number of aromatic nitrogens is 2. The lowest BCUT2D eigenvalue weighted by Crippen LogP contribution is -1.98. The maximum absolute atomic E-state index is 13.1. The molecule has 0 aliphatic rings. The third-order valence-corrected chi connectivity index (χ3v) is 2.96. The molecule has 0 fully saturated rings. The maximum atomic E-state index is 13.1. The van der Waals surface area contributed by atoms with Crippen molar-refractivity contribution in [2.45, 2.75) is 33.1 Å². The summed E-state index contributed by atoms with van der Waals surface area (Å²) in [5.41, 5.74) is 3.83. The first-order chi connectivity index (χ1) is 8.56. The summed E-state index contributed by atoms with van der Waals surface area (Å²) >= 11 is 0. The molecule has 0 aromatic carbocycles. The molecule has 0 saturated carbocycles. The third kappa shape index (κ3) is 2.92. The van der Waals surface area contributed by atoms with Gasteiger partial charge in [-0.3, -0.25) is 4.98 Å². The van der Waals surface area contributed by atoms with E-state index in [1.54, 1.807) is 13.1 Å². The molecule has 2 rings (SSSR count). The predicted molar refractivity (Wildman–Crippen MR) is 70.1 cm³/mol. The monoisotopic (exact) mass is 244 g/mol. The van der Waals surface area contributed by atoms with E-state index in [-0.39, 0.29) is 0 Å². The van der Waals surface area contributed by atoms with Gasteiger partial charge in [0.2, 0.25) is 5.95 Å². The minimum Gasteiger partial charge on any atom is -0.261 e. The quantitative estimate of drug-likeness (QED) is 0.770. The Morgan fingerprint density at radius 3 is 2.67 bits per heavy atom. The van der Waals surface area contributed by atoms with E-state index in [0.717, 1.165) is 11.3 Å². The van der Waals surface area contributed by atoms with Crippen LogP contribution in [0.25, 0.3) is 0 Å². The van der Waals surface area contributed by atoms with Gasteiger partial charge in [-0.05, 0) is 42.2 Å². The van der Waals surface area contributed by atoms with Gasteiger partial charge in [0.1, 0.15) is 0 Å². The molecule has 0 bridgehead atoms.